The SMILES string of the molecule is Cn1ccnc1-c1[c-]cccc1.Cn1ccnc1-c1ccccc1.Cn1ccnc1-c1ccccc1.[Ir]. The van der Waals surface area contributed by atoms with Crippen molar-refractivity contribution in [3.05, 3.63) is 128 Å². The van der Waals surface area contributed by atoms with Crippen molar-refractivity contribution in [2.24, 2.45) is 21.1 Å². The summed E-state index contributed by atoms with van der Waals surface area (Å²) in [5.74, 6) is 2.97. The van der Waals surface area contributed by atoms with Gasteiger partial charge in [0.1, 0.15) is 11.6 Å². The summed E-state index contributed by atoms with van der Waals surface area (Å²) in [7, 11) is 5.97. The van der Waals surface area contributed by atoms with E-state index in [4.69, 9.17) is 0 Å². The predicted molar refractivity (Wildman–Crippen MR) is 145 cm³/mol. The van der Waals surface area contributed by atoms with E-state index in [0.717, 1.165) is 34.2 Å². The summed E-state index contributed by atoms with van der Waals surface area (Å²) in [5, 5.41) is 0. The van der Waals surface area contributed by atoms with Crippen molar-refractivity contribution in [3.63, 3.8) is 0 Å². The molecule has 6 rings (SSSR count). The van der Waals surface area contributed by atoms with Gasteiger partial charge in [0, 0.05) is 89.6 Å². The zero-order chi connectivity index (χ0) is 25.2. The van der Waals surface area contributed by atoms with E-state index in [2.05, 4.69) is 45.3 Å². The molecule has 189 valence electrons. The topological polar surface area (TPSA) is 53.5 Å². The van der Waals surface area contributed by atoms with E-state index in [1.54, 1.807) is 6.20 Å². The molecule has 0 saturated carbocycles. The normalized spacial score (nSPS) is 9.81. The number of imidazole rings is 3. The van der Waals surface area contributed by atoms with E-state index in [0.29, 0.717) is 0 Å². The number of hydrogen-bond donors (Lipinski definition) is 0. The van der Waals surface area contributed by atoms with Gasteiger partial charge in [0.15, 0.2) is 0 Å². The molecule has 6 nitrogen and oxygen atoms in total. The molecule has 3 aromatic heterocycles. The third-order valence-corrected chi connectivity index (χ3v) is 5.48. The Labute approximate surface area is 231 Å². The fourth-order valence-electron chi connectivity index (χ4n) is 3.62. The van der Waals surface area contributed by atoms with E-state index < -0.39 is 0 Å². The molecule has 0 saturated heterocycles. The largest absolute Gasteiger partial charge is 0.373 e. The molecule has 0 bridgehead atoms. The van der Waals surface area contributed by atoms with Crippen molar-refractivity contribution in [1.82, 2.24) is 28.7 Å². The van der Waals surface area contributed by atoms with Crippen molar-refractivity contribution in [2.45, 2.75) is 0 Å². The van der Waals surface area contributed by atoms with Crippen LogP contribution in [0.4, 0.5) is 0 Å². The number of nitrogens with zero attached hydrogens (tertiary/aromatic N) is 6. The van der Waals surface area contributed by atoms with Crippen molar-refractivity contribution in [2.75, 3.05) is 0 Å². The number of rotatable bonds is 3. The van der Waals surface area contributed by atoms with Gasteiger partial charge in [0.05, 0.1) is 5.82 Å². The van der Waals surface area contributed by atoms with Gasteiger partial charge in [-0.3, -0.25) is 4.98 Å². The summed E-state index contributed by atoms with van der Waals surface area (Å²) in [5.41, 5.74) is 3.35. The van der Waals surface area contributed by atoms with Gasteiger partial charge in [0.2, 0.25) is 0 Å². The van der Waals surface area contributed by atoms with Crippen LogP contribution in [0.3, 0.4) is 0 Å². The third kappa shape index (κ3) is 7.46. The fourth-order valence-corrected chi connectivity index (χ4v) is 3.62. The first kappa shape index (κ1) is 27.5. The summed E-state index contributed by atoms with van der Waals surface area (Å²) in [6.45, 7) is 0. The summed E-state index contributed by atoms with van der Waals surface area (Å²) in [6, 6.07) is 31.3. The monoisotopic (exact) mass is 666 g/mol. The minimum Gasteiger partial charge on any atom is -0.373 e. The Bertz CT molecular complexity index is 1270. The minimum absolute atomic E-state index is 0. The zero-order valence-electron chi connectivity index (χ0n) is 21.1. The average Bonchev–Trinajstić information content (AvgIpc) is 3.67. The Hall–Kier alpha value is -4.06. The van der Waals surface area contributed by atoms with Crippen LogP contribution in [0.25, 0.3) is 34.2 Å². The second-order valence-electron chi connectivity index (χ2n) is 8.09. The van der Waals surface area contributed by atoms with Gasteiger partial charge in [-0.1, -0.05) is 60.7 Å². The molecular formula is C30H29IrN6-. The summed E-state index contributed by atoms with van der Waals surface area (Å²) in [6.07, 6.45) is 11.2. The Balaban J connectivity index is 0.000000152. The van der Waals surface area contributed by atoms with Gasteiger partial charge in [-0.2, -0.15) is 0 Å². The fraction of sp³-hybridized carbons (Fsp3) is 0.100. The molecule has 37 heavy (non-hydrogen) atoms. The first-order chi connectivity index (χ1) is 17.6. The van der Waals surface area contributed by atoms with Crippen LogP contribution in [0.15, 0.2) is 122 Å². The van der Waals surface area contributed by atoms with Crippen LogP contribution >= 0.6 is 0 Å². The molecule has 0 amide bonds. The van der Waals surface area contributed by atoms with Crippen molar-refractivity contribution >= 4 is 0 Å². The second kappa shape index (κ2) is 13.9. The molecule has 0 atom stereocenters. The summed E-state index contributed by atoms with van der Waals surface area (Å²) >= 11 is 0. The Morgan fingerprint density at radius 2 is 0.919 bits per heavy atom. The van der Waals surface area contributed by atoms with Crippen LogP contribution in [0.1, 0.15) is 0 Å². The molecule has 0 spiro atoms. The second-order valence-corrected chi connectivity index (χ2v) is 8.09. The third-order valence-electron chi connectivity index (χ3n) is 5.48. The van der Waals surface area contributed by atoms with Crippen molar-refractivity contribution in [1.29, 1.82) is 0 Å². The molecule has 0 N–H and O–H groups in total. The van der Waals surface area contributed by atoms with Crippen LogP contribution in [0.2, 0.25) is 0 Å². The molecule has 0 aliphatic heterocycles. The van der Waals surface area contributed by atoms with Gasteiger partial charge in [0.25, 0.3) is 0 Å². The number of benzene rings is 3. The molecular weight excluding hydrogens is 637 g/mol. The summed E-state index contributed by atoms with van der Waals surface area (Å²) in [4.78, 5) is 12.7. The maximum atomic E-state index is 4.25. The molecule has 0 aliphatic carbocycles. The first-order valence-corrected chi connectivity index (χ1v) is 11.6. The molecule has 3 heterocycles. The minimum atomic E-state index is 0. The predicted octanol–water partition coefficient (Wildman–Crippen LogP) is 6.06. The molecule has 0 fully saturated rings. The van der Waals surface area contributed by atoms with Gasteiger partial charge in [-0.15, -0.1) is 35.9 Å². The number of hydrogen-bond acceptors (Lipinski definition) is 3. The van der Waals surface area contributed by atoms with Gasteiger partial charge in [-0.05, 0) is 0 Å². The maximum Gasteiger partial charge on any atom is 0.139 e. The number of aryl methyl sites for hydroxylation is 3. The van der Waals surface area contributed by atoms with Crippen LogP contribution in [0.5, 0.6) is 0 Å². The Morgan fingerprint density at radius 1 is 0.514 bits per heavy atom. The molecule has 1 radical (unpaired) electrons. The van der Waals surface area contributed by atoms with Crippen molar-refractivity contribution in [3.8, 4) is 34.2 Å². The zero-order valence-corrected chi connectivity index (χ0v) is 23.5. The maximum absolute atomic E-state index is 4.25. The van der Waals surface area contributed by atoms with Crippen LogP contribution in [-0.2, 0) is 41.2 Å². The molecule has 3 aromatic carbocycles. The molecule has 6 aromatic rings. The van der Waals surface area contributed by atoms with E-state index in [-0.39, 0.29) is 20.1 Å². The average molecular weight is 666 g/mol. The van der Waals surface area contributed by atoms with Gasteiger partial charge >= 0.3 is 0 Å². The molecule has 7 heteroatoms. The Kier molecular flexibility index (Phi) is 10.3. The van der Waals surface area contributed by atoms with E-state index in [1.807, 2.05) is 126 Å². The standard InChI is InChI=1S/2C10H10N2.C10H9N2.Ir/c3*1-12-8-7-11-10(12)9-5-3-2-4-6-9;/h2*2-8H,1H3;2-5,7-8H,1H3;/q;;-1;. The molecule has 0 aliphatic rings. The van der Waals surface area contributed by atoms with Gasteiger partial charge in [-0.25, -0.2) is 9.97 Å². The number of aromatic nitrogens is 6. The molecule has 0 unspecified atom stereocenters. The quantitative estimate of drug-likeness (QED) is 0.216. The Morgan fingerprint density at radius 3 is 1.27 bits per heavy atom. The van der Waals surface area contributed by atoms with E-state index in [9.17, 15) is 0 Å². The van der Waals surface area contributed by atoms with Crippen LogP contribution < -0.4 is 0 Å². The van der Waals surface area contributed by atoms with Crippen LogP contribution in [0, 0.1) is 6.07 Å². The summed E-state index contributed by atoms with van der Waals surface area (Å²) < 4.78 is 6.00. The first-order valence-electron chi connectivity index (χ1n) is 11.6. The van der Waals surface area contributed by atoms with E-state index in [1.165, 1.54) is 0 Å². The van der Waals surface area contributed by atoms with E-state index >= 15 is 0 Å². The smallest absolute Gasteiger partial charge is 0.139 e. The van der Waals surface area contributed by atoms with Gasteiger partial charge < -0.3 is 13.7 Å². The van der Waals surface area contributed by atoms with Crippen molar-refractivity contribution < 1.29 is 20.1 Å². The van der Waals surface area contributed by atoms with Crippen LogP contribution in [-0.4, -0.2) is 28.7 Å².